The fraction of sp³-hybridized carbons (Fsp3) is 0.278. The van der Waals surface area contributed by atoms with Crippen molar-refractivity contribution >= 4 is 11.0 Å². The third-order valence-corrected chi connectivity index (χ3v) is 3.81. The summed E-state index contributed by atoms with van der Waals surface area (Å²) in [5.41, 5.74) is 2.21. The molecule has 0 unspecified atom stereocenters. The van der Waals surface area contributed by atoms with Crippen LogP contribution in [0, 0.1) is 0 Å². The first-order valence-electron chi connectivity index (χ1n) is 7.43. The van der Waals surface area contributed by atoms with Gasteiger partial charge in [-0.25, -0.2) is 4.98 Å². The predicted molar refractivity (Wildman–Crippen MR) is 85.5 cm³/mol. The first-order chi connectivity index (χ1) is 10.3. The van der Waals surface area contributed by atoms with Gasteiger partial charge in [0.05, 0.1) is 11.0 Å². The summed E-state index contributed by atoms with van der Waals surface area (Å²) in [7, 11) is 0. The molecule has 3 nitrogen and oxygen atoms in total. The van der Waals surface area contributed by atoms with Crippen molar-refractivity contribution in [2.24, 2.45) is 0 Å². The van der Waals surface area contributed by atoms with Gasteiger partial charge in [-0.05, 0) is 37.6 Å². The van der Waals surface area contributed by atoms with Gasteiger partial charge in [-0.3, -0.25) is 0 Å². The molecule has 0 aliphatic rings. The third-order valence-electron chi connectivity index (χ3n) is 3.81. The van der Waals surface area contributed by atoms with Crippen molar-refractivity contribution in [2.45, 2.75) is 32.9 Å². The Labute approximate surface area is 125 Å². The SMILES string of the molecule is CC[C@@H](C)n1c(COc2ccccc2)nc2ccccc21. The van der Waals surface area contributed by atoms with Crippen LogP contribution < -0.4 is 4.74 Å². The highest BCUT2D eigenvalue weighted by molar-refractivity contribution is 5.76. The van der Waals surface area contributed by atoms with E-state index in [9.17, 15) is 0 Å². The summed E-state index contributed by atoms with van der Waals surface area (Å²) in [6, 6.07) is 18.6. The van der Waals surface area contributed by atoms with Crippen LogP contribution in [0.2, 0.25) is 0 Å². The van der Waals surface area contributed by atoms with Crippen molar-refractivity contribution in [1.82, 2.24) is 9.55 Å². The van der Waals surface area contributed by atoms with Gasteiger partial charge in [-0.2, -0.15) is 0 Å². The molecule has 21 heavy (non-hydrogen) atoms. The molecule has 1 heterocycles. The summed E-state index contributed by atoms with van der Waals surface area (Å²) in [5, 5.41) is 0. The molecular formula is C18H20N2O. The number of para-hydroxylation sites is 3. The summed E-state index contributed by atoms with van der Waals surface area (Å²) in [4.78, 5) is 4.73. The highest BCUT2D eigenvalue weighted by atomic mass is 16.5. The van der Waals surface area contributed by atoms with E-state index in [1.54, 1.807) is 0 Å². The number of hydrogen-bond acceptors (Lipinski definition) is 2. The Hall–Kier alpha value is -2.29. The number of benzene rings is 2. The second-order valence-electron chi connectivity index (χ2n) is 5.25. The van der Waals surface area contributed by atoms with E-state index in [1.165, 1.54) is 5.52 Å². The Bertz CT molecular complexity index is 718. The summed E-state index contributed by atoms with van der Waals surface area (Å²) in [5.74, 6) is 1.86. The molecule has 2 aromatic carbocycles. The third kappa shape index (κ3) is 2.77. The van der Waals surface area contributed by atoms with Crippen molar-refractivity contribution < 1.29 is 4.74 Å². The number of fused-ring (bicyclic) bond motifs is 1. The molecule has 3 aromatic rings. The molecule has 0 radical (unpaired) electrons. The lowest BCUT2D eigenvalue weighted by atomic mass is 10.2. The normalized spacial score (nSPS) is 12.5. The number of nitrogens with zero attached hydrogens (tertiary/aromatic N) is 2. The van der Waals surface area contributed by atoms with Crippen molar-refractivity contribution in [3.63, 3.8) is 0 Å². The predicted octanol–water partition coefficient (Wildman–Crippen LogP) is 4.59. The minimum Gasteiger partial charge on any atom is -0.486 e. The number of rotatable bonds is 5. The van der Waals surface area contributed by atoms with Crippen LogP contribution in [0.15, 0.2) is 54.6 Å². The van der Waals surface area contributed by atoms with Gasteiger partial charge in [0.1, 0.15) is 18.2 Å². The maximum Gasteiger partial charge on any atom is 0.148 e. The second kappa shape index (κ2) is 6.00. The van der Waals surface area contributed by atoms with Gasteiger partial charge >= 0.3 is 0 Å². The maximum atomic E-state index is 5.87. The average Bonchev–Trinajstić information content (AvgIpc) is 2.91. The zero-order valence-corrected chi connectivity index (χ0v) is 12.5. The van der Waals surface area contributed by atoms with E-state index >= 15 is 0 Å². The highest BCUT2D eigenvalue weighted by Gasteiger charge is 2.14. The number of imidazole rings is 1. The molecular weight excluding hydrogens is 260 g/mol. The molecule has 3 rings (SSSR count). The van der Waals surface area contributed by atoms with Gasteiger partial charge in [-0.1, -0.05) is 37.3 Å². The average molecular weight is 280 g/mol. The molecule has 0 bridgehead atoms. The van der Waals surface area contributed by atoms with Crippen LogP contribution in [0.5, 0.6) is 5.75 Å². The molecule has 1 aromatic heterocycles. The van der Waals surface area contributed by atoms with E-state index in [0.717, 1.165) is 23.5 Å². The minimum absolute atomic E-state index is 0.409. The lowest BCUT2D eigenvalue weighted by Crippen LogP contribution is -2.11. The van der Waals surface area contributed by atoms with Crippen LogP contribution in [0.4, 0.5) is 0 Å². The number of ether oxygens (including phenoxy) is 1. The summed E-state index contributed by atoms with van der Waals surface area (Å²) >= 11 is 0. The van der Waals surface area contributed by atoms with Crippen LogP contribution in [0.3, 0.4) is 0 Å². The molecule has 0 aliphatic heterocycles. The molecule has 1 atom stereocenters. The van der Waals surface area contributed by atoms with Crippen LogP contribution in [-0.4, -0.2) is 9.55 Å². The van der Waals surface area contributed by atoms with Crippen LogP contribution in [-0.2, 0) is 6.61 Å². The highest BCUT2D eigenvalue weighted by Crippen LogP contribution is 2.24. The van der Waals surface area contributed by atoms with Crippen molar-refractivity contribution in [3.05, 3.63) is 60.4 Å². The van der Waals surface area contributed by atoms with Crippen LogP contribution in [0.25, 0.3) is 11.0 Å². The molecule has 0 N–H and O–H groups in total. The molecule has 108 valence electrons. The monoisotopic (exact) mass is 280 g/mol. The van der Waals surface area contributed by atoms with Crippen molar-refractivity contribution in [1.29, 1.82) is 0 Å². The van der Waals surface area contributed by atoms with Gasteiger partial charge in [0.25, 0.3) is 0 Å². The lowest BCUT2D eigenvalue weighted by molar-refractivity contribution is 0.286. The van der Waals surface area contributed by atoms with Gasteiger partial charge in [0.2, 0.25) is 0 Å². The lowest BCUT2D eigenvalue weighted by Gasteiger charge is -2.16. The fourth-order valence-corrected chi connectivity index (χ4v) is 2.54. The first kappa shape index (κ1) is 13.7. The summed E-state index contributed by atoms with van der Waals surface area (Å²) in [6.45, 7) is 4.91. The molecule has 0 fully saturated rings. The first-order valence-corrected chi connectivity index (χ1v) is 7.43. The summed E-state index contributed by atoms with van der Waals surface area (Å²) < 4.78 is 8.16. The van der Waals surface area contributed by atoms with E-state index < -0.39 is 0 Å². The Morgan fingerprint density at radius 3 is 2.52 bits per heavy atom. The molecule has 0 spiro atoms. The standard InChI is InChI=1S/C18H20N2O/c1-3-14(2)20-17-12-8-7-11-16(17)19-18(20)13-21-15-9-5-4-6-10-15/h4-12,14H,3,13H2,1-2H3/t14-/m1/s1. The number of hydrogen-bond donors (Lipinski definition) is 0. The van der Waals surface area contributed by atoms with Gasteiger partial charge in [-0.15, -0.1) is 0 Å². The Morgan fingerprint density at radius 1 is 1.05 bits per heavy atom. The van der Waals surface area contributed by atoms with E-state index in [1.807, 2.05) is 36.4 Å². The van der Waals surface area contributed by atoms with Gasteiger partial charge < -0.3 is 9.30 Å². The topological polar surface area (TPSA) is 27.1 Å². The largest absolute Gasteiger partial charge is 0.486 e. The van der Waals surface area contributed by atoms with Gasteiger partial charge in [0, 0.05) is 6.04 Å². The molecule has 0 saturated heterocycles. The minimum atomic E-state index is 0.409. The molecule has 3 heteroatoms. The molecule has 0 amide bonds. The zero-order chi connectivity index (χ0) is 14.7. The second-order valence-corrected chi connectivity index (χ2v) is 5.25. The maximum absolute atomic E-state index is 5.87. The van der Waals surface area contributed by atoms with Crippen molar-refractivity contribution in [2.75, 3.05) is 0 Å². The van der Waals surface area contributed by atoms with E-state index in [0.29, 0.717) is 12.6 Å². The Balaban J connectivity index is 1.93. The van der Waals surface area contributed by atoms with Crippen LogP contribution in [0.1, 0.15) is 32.1 Å². The van der Waals surface area contributed by atoms with Crippen molar-refractivity contribution in [3.8, 4) is 5.75 Å². The van der Waals surface area contributed by atoms with E-state index in [4.69, 9.17) is 9.72 Å². The molecule has 0 saturated carbocycles. The number of aromatic nitrogens is 2. The summed E-state index contributed by atoms with van der Waals surface area (Å²) in [6.07, 6.45) is 1.07. The van der Waals surface area contributed by atoms with Crippen LogP contribution >= 0.6 is 0 Å². The fourth-order valence-electron chi connectivity index (χ4n) is 2.54. The van der Waals surface area contributed by atoms with E-state index in [2.05, 4.69) is 36.6 Å². The molecule has 0 aliphatic carbocycles. The smallest absolute Gasteiger partial charge is 0.148 e. The van der Waals surface area contributed by atoms with E-state index in [-0.39, 0.29) is 0 Å². The zero-order valence-electron chi connectivity index (χ0n) is 12.5. The Morgan fingerprint density at radius 2 is 1.76 bits per heavy atom. The van der Waals surface area contributed by atoms with Gasteiger partial charge in [0.15, 0.2) is 0 Å². The quantitative estimate of drug-likeness (QED) is 0.683. The Kier molecular flexibility index (Phi) is 3.91.